The van der Waals surface area contributed by atoms with Gasteiger partial charge in [-0.05, 0) is 89.9 Å². The second-order valence-corrected chi connectivity index (χ2v) is 18.6. The summed E-state index contributed by atoms with van der Waals surface area (Å²) in [7, 11) is 0. The molecule has 0 aromatic carbocycles. The van der Waals surface area contributed by atoms with Crippen molar-refractivity contribution in [2.45, 2.75) is 277 Å². The average molecular weight is 920 g/mol. The molecule has 0 heterocycles. The number of esters is 2. The first-order valence-electron chi connectivity index (χ1n) is 28.1. The van der Waals surface area contributed by atoms with E-state index in [2.05, 4.69) is 98.9 Å². The van der Waals surface area contributed by atoms with Crippen LogP contribution in [0.2, 0.25) is 0 Å². The zero-order valence-electron chi connectivity index (χ0n) is 43.4. The molecule has 0 saturated carbocycles. The molecular weight excluding hydrogens is 813 g/mol. The largest absolute Gasteiger partial charge is 0.462 e. The quantitative estimate of drug-likeness (QED) is 0.0374. The molecule has 0 aliphatic heterocycles. The molecule has 0 aromatic heterocycles. The number of unbranched alkanes of at least 4 members (excludes halogenated alkanes) is 29. The van der Waals surface area contributed by atoms with Crippen molar-refractivity contribution in [2.24, 2.45) is 0 Å². The lowest BCUT2D eigenvalue weighted by molar-refractivity contribution is -0.161. The molecule has 5 heteroatoms. The zero-order chi connectivity index (χ0) is 47.7. The van der Waals surface area contributed by atoms with Gasteiger partial charge in [0, 0.05) is 12.8 Å². The summed E-state index contributed by atoms with van der Waals surface area (Å²) < 4.78 is 10.7. The fraction of sp³-hybridized carbons (Fsp3) is 0.738. The number of hydrogen-bond donors (Lipinski definition) is 1. The maximum atomic E-state index is 12.3. The normalized spacial score (nSPS) is 12.8. The van der Waals surface area contributed by atoms with Crippen molar-refractivity contribution >= 4 is 11.9 Å². The van der Waals surface area contributed by atoms with Gasteiger partial charge in [-0.1, -0.05) is 253 Å². The van der Waals surface area contributed by atoms with Crippen LogP contribution in [0.15, 0.2) is 85.1 Å². The fourth-order valence-electron chi connectivity index (χ4n) is 7.97. The minimum atomic E-state index is -0.777. The molecule has 0 rings (SSSR count). The van der Waals surface area contributed by atoms with Gasteiger partial charge in [-0.3, -0.25) is 9.59 Å². The van der Waals surface area contributed by atoms with Crippen LogP contribution >= 0.6 is 0 Å². The third kappa shape index (κ3) is 53.7. The molecule has 0 saturated heterocycles. The Morgan fingerprint density at radius 1 is 0.364 bits per heavy atom. The number of aliphatic hydroxyl groups excluding tert-OH is 1. The van der Waals surface area contributed by atoms with E-state index in [1.165, 1.54) is 161 Å². The third-order valence-electron chi connectivity index (χ3n) is 12.2. The maximum absolute atomic E-state index is 12.3. The monoisotopic (exact) mass is 919 g/mol. The minimum Gasteiger partial charge on any atom is -0.462 e. The summed E-state index contributed by atoms with van der Waals surface area (Å²) in [5, 5.41) is 9.64. The van der Waals surface area contributed by atoms with Gasteiger partial charge in [0.2, 0.25) is 0 Å². The molecule has 1 unspecified atom stereocenters. The summed E-state index contributed by atoms with van der Waals surface area (Å²) in [5.41, 5.74) is 0. The number of carbonyl (C=O) groups is 2. The fourth-order valence-corrected chi connectivity index (χ4v) is 7.97. The van der Waals surface area contributed by atoms with Gasteiger partial charge in [0.25, 0.3) is 0 Å². The van der Waals surface area contributed by atoms with E-state index in [9.17, 15) is 14.7 Å². The van der Waals surface area contributed by atoms with E-state index in [1.54, 1.807) is 0 Å². The van der Waals surface area contributed by atoms with Crippen LogP contribution in [0.3, 0.4) is 0 Å². The van der Waals surface area contributed by atoms with Crippen LogP contribution < -0.4 is 0 Å². The molecule has 0 fully saturated rings. The molecule has 0 amide bonds. The van der Waals surface area contributed by atoms with Gasteiger partial charge in [-0.15, -0.1) is 0 Å². The van der Waals surface area contributed by atoms with E-state index in [4.69, 9.17) is 9.47 Å². The molecule has 66 heavy (non-hydrogen) atoms. The van der Waals surface area contributed by atoms with Crippen LogP contribution in [-0.2, 0) is 19.1 Å². The number of hydrogen-bond acceptors (Lipinski definition) is 5. The Bertz CT molecular complexity index is 1220. The highest BCUT2D eigenvalue weighted by atomic mass is 16.6. The molecule has 1 atom stereocenters. The number of rotatable bonds is 51. The number of carbonyl (C=O) groups excluding carboxylic acids is 2. The van der Waals surface area contributed by atoms with Crippen LogP contribution in [0.4, 0.5) is 0 Å². The lowest BCUT2D eigenvalue weighted by Gasteiger charge is -2.15. The first kappa shape index (κ1) is 63.1. The van der Waals surface area contributed by atoms with Gasteiger partial charge in [0.15, 0.2) is 6.10 Å². The van der Waals surface area contributed by atoms with Crippen molar-refractivity contribution in [3.05, 3.63) is 85.1 Å². The van der Waals surface area contributed by atoms with E-state index < -0.39 is 6.10 Å². The summed E-state index contributed by atoms with van der Waals surface area (Å²) in [5.74, 6) is -0.593. The van der Waals surface area contributed by atoms with E-state index in [0.717, 1.165) is 83.5 Å². The van der Waals surface area contributed by atoms with E-state index >= 15 is 0 Å². The summed E-state index contributed by atoms with van der Waals surface area (Å²) >= 11 is 0. The molecule has 0 aromatic rings. The molecule has 0 spiro atoms. The molecule has 0 aliphatic carbocycles. The zero-order valence-corrected chi connectivity index (χ0v) is 43.4. The van der Waals surface area contributed by atoms with Crippen LogP contribution in [-0.4, -0.2) is 36.4 Å². The topological polar surface area (TPSA) is 72.8 Å². The number of aliphatic hydroxyl groups is 1. The van der Waals surface area contributed by atoms with Crippen molar-refractivity contribution in [3.8, 4) is 0 Å². The van der Waals surface area contributed by atoms with Gasteiger partial charge in [0.05, 0.1) is 6.61 Å². The van der Waals surface area contributed by atoms with Crippen LogP contribution in [0, 0.1) is 0 Å². The van der Waals surface area contributed by atoms with E-state index in [1.807, 2.05) is 0 Å². The van der Waals surface area contributed by atoms with Gasteiger partial charge < -0.3 is 14.6 Å². The Labute approximate surface area is 409 Å². The second-order valence-electron chi connectivity index (χ2n) is 18.6. The van der Waals surface area contributed by atoms with Crippen LogP contribution in [0.1, 0.15) is 271 Å². The summed E-state index contributed by atoms with van der Waals surface area (Å²) in [4.78, 5) is 24.5. The van der Waals surface area contributed by atoms with Crippen molar-refractivity contribution in [3.63, 3.8) is 0 Å². The first-order chi connectivity index (χ1) is 32.6. The summed E-state index contributed by atoms with van der Waals surface area (Å²) in [6.07, 6.45) is 78.4. The van der Waals surface area contributed by atoms with Crippen molar-refractivity contribution < 1.29 is 24.2 Å². The molecule has 5 nitrogen and oxygen atoms in total. The molecule has 0 radical (unpaired) electrons. The molecule has 0 bridgehead atoms. The number of ether oxygens (including phenoxy) is 2. The predicted molar refractivity (Wildman–Crippen MR) is 288 cm³/mol. The van der Waals surface area contributed by atoms with Crippen molar-refractivity contribution in [1.82, 2.24) is 0 Å². The Morgan fingerprint density at radius 2 is 0.652 bits per heavy atom. The summed E-state index contributed by atoms with van der Waals surface area (Å²) in [6.45, 7) is 4.01. The smallest absolute Gasteiger partial charge is 0.306 e. The molecule has 0 aliphatic rings. The third-order valence-corrected chi connectivity index (χ3v) is 12.2. The number of allylic oxidation sites excluding steroid dienone is 14. The minimum absolute atomic E-state index is 0.0700. The standard InChI is InChI=1S/C61H106O5/c1-3-5-7-9-11-13-15-17-19-21-22-23-24-25-26-27-28-29-30-31-32-33-34-35-36-37-38-40-42-44-46-48-50-52-54-56-61(64)66-59(57-62)58-65-60(63)55-53-51-49-47-45-43-41-39-20-18-16-14-12-10-8-6-4-2/h5,7,11-14,17-20,22-23,25-26,59,62H,3-4,6,8-10,15-16,21,24,27-58H2,1-2H3/b7-5-,13-11-,14-12-,19-17-,20-18-,23-22-,26-25-. The second kappa shape index (κ2) is 56.4. The highest BCUT2D eigenvalue weighted by Crippen LogP contribution is 2.16. The summed E-state index contributed by atoms with van der Waals surface area (Å²) in [6, 6.07) is 0. The molecule has 1 N–H and O–H groups in total. The highest BCUT2D eigenvalue weighted by molar-refractivity contribution is 5.70. The molecular formula is C61H106O5. The van der Waals surface area contributed by atoms with Gasteiger partial charge in [-0.25, -0.2) is 0 Å². The Balaban J connectivity index is 3.46. The Kier molecular flexibility index (Phi) is 53.9. The Hall–Kier alpha value is -2.92. The van der Waals surface area contributed by atoms with Gasteiger partial charge in [0.1, 0.15) is 6.61 Å². The van der Waals surface area contributed by atoms with Crippen molar-refractivity contribution in [2.75, 3.05) is 13.2 Å². The SMILES string of the molecule is CC/C=C\C/C=C\C/C=C\C/C=C\C/C=C\CCCCCCCCCCCCCCCCCCCCCC(=O)OC(CO)COC(=O)CCCCCCCCC/C=C\C/C=C\CCCCC. The van der Waals surface area contributed by atoms with Gasteiger partial charge in [-0.2, -0.15) is 0 Å². The lowest BCUT2D eigenvalue weighted by atomic mass is 10.0. The van der Waals surface area contributed by atoms with Crippen molar-refractivity contribution in [1.29, 1.82) is 0 Å². The van der Waals surface area contributed by atoms with Gasteiger partial charge >= 0.3 is 11.9 Å². The average Bonchev–Trinajstić information content (AvgIpc) is 3.32. The van der Waals surface area contributed by atoms with E-state index in [-0.39, 0.29) is 25.2 Å². The predicted octanol–water partition coefficient (Wildman–Crippen LogP) is 19.0. The van der Waals surface area contributed by atoms with Crippen LogP contribution in [0.5, 0.6) is 0 Å². The van der Waals surface area contributed by atoms with E-state index in [0.29, 0.717) is 12.8 Å². The molecule has 380 valence electrons. The Morgan fingerprint density at radius 3 is 0.985 bits per heavy atom. The highest BCUT2D eigenvalue weighted by Gasteiger charge is 2.16. The lowest BCUT2D eigenvalue weighted by Crippen LogP contribution is -2.28. The van der Waals surface area contributed by atoms with Crippen LogP contribution in [0.25, 0.3) is 0 Å². The maximum Gasteiger partial charge on any atom is 0.306 e. The first-order valence-corrected chi connectivity index (χ1v) is 28.1.